The molecule has 1 aliphatic heterocycles. The molecule has 18 heavy (non-hydrogen) atoms. The van der Waals surface area contributed by atoms with E-state index in [1.165, 1.54) is 4.90 Å². The van der Waals surface area contributed by atoms with Crippen LogP contribution in [0.3, 0.4) is 0 Å². The molecule has 1 aromatic carbocycles. The number of ether oxygens (including phenoxy) is 1. The van der Waals surface area contributed by atoms with Crippen LogP contribution in [0.15, 0.2) is 24.3 Å². The van der Waals surface area contributed by atoms with E-state index in [0.717, 1.165) is 0 Å². The summed E-state index contributed by atoms with van der Waals surface area (Å²) < 4.78 is 5.30. The van der Waals surface area contributed by atoms with Crippen LogP contribution in [0.5, 0.6) is 5.75 Å². The maximum Gasteiger partial charge on any atom is 0.260 e. The zero-order valence-electron chi connectivity index (χ0n) is 9.82. The van der Waals surface area contributed by atoms with E-state index in [1.807, 2.05) is 0 Å². The van der Waals surface area contributed by atoms with Crippen LogP contribution in [-0.2, 0) is 4.79 Å². The second kappa shape index (κ2) is 5.24. The van der Waals surface area contributed by atoms with Crippen LogP contribution in [0, 0.1) is 0 Å². The van der Waals surface area contributed by atoms with Crippen molar-refractivity contribution in [1.82, 2.24) is 4.90 Å². The van der Waals surface area contributed by atoms with Gasteiger partial charge in [0.15, 0.2) is 6.61 Å². The van der Waals surface area contributed by atoms with Gasteiger partial charge in [0.1, 0.15) is 5.75 Å². The van der Waals surface area contributed by atoms with Crippen molar-refractivity contribution in [2.45, 2.75) is 12.2 Å². The van der Waals surface area contributed by atoms with Crippen molar-refractivity contribution in [2.75, 3.05) is 25.4 Å². The first-order valence-electron chi connectivity index (χ1n) is 5.68. The smallest absolute Gasteiger partial charge is 0.260 e. The van der Waals surface area contributed by atoms with Crippen molar-refractivity contribution < 1.29 is 19.7 Å². The predicted octanol–water partition coefficient (Wildman–Crippen LogP) is -0.788. The number of benzene rings is 1. The van der Waals surface area contributed by atoms with Crippen LogP contribution in [0.4, 0.5) is 5.69 Å². The summed E-state index contributed by atoms with van der Waals surface area (Å²) in [5, 5.41) is 18.7. The predicted molar refractivity (Wildman–Crippen MR) is 64.9 cm³/mol. The van der Waals surface area contributed by atoms with Crippen molar-refractivity contribution >= 4 is 11.6 Å². The van der Waals surface area contributed by atoms with E-state index in [2.05, 4.69) is 0 Å². The Morgan fingerprint density at radius 1 is 1.28 bits per heavy atom. The van der Waals surface area contributed by atoms with E-state index in [-0.39, 0.29) is 25.6 Å². The van der Waals surface area contributed by atoms with Crippen LogP contribution in [0.25, 0.3) is 0 Å². The molecule has 1 fully saturated rings. The van der Waals surface area contributed by atoms with Gasteiger partial charge < -0.3 is 25.6 Å². The fourth-order valence-electron chi connectivity index (χ4n) is 1.77. The van der Waals surface area contributed by atoms with E-state index in [9.17, 15) is 15.0 Å². The molecule has 1 amide bonds. The minimum Gasteiger partial charge on any atom is -0.484 e. The second-order valence-corrected chi connectivity index (χ2v) is 4.29. The summed E-state index contributed by atoms with van der Waals surface area (Å²) >= 11 is 0. The molecule has 6 heteroatoms. The van der Waals surface area contributed by atoms with Gasteiger partial charge in [0, 0.05) is 18.8 Å². The van der Waals surface area contributed by atoms with E-state index in [1.54, 1.807) is 24.3 Å². The number of hydrogen-bond donors (Lipinski definition) is 3. The summed E-state index contributed by atoms with van der Waals surface area (Å²) in [5.41, 5.74) is 6.15. The minimum atomic E-state index is -0.870. The van der Waals surface area contributed by atoms with Crippen molar-refractivity contribution in [1.29, 1.82) is 0 Å². The maximum atomic E-state index is 11.7. The Hall–Kier alpha value is -1.79. The van der Waals surface area contributed by atoms with Crippen LogP contribution >= 0.6 is 0 Å². The standard InChI is InChI=1S/C12H16N2O4/c13-8-1-3-9(4-2-8)18-7-12(17)14-5-10(15)11(16)6-14/h1-4,10-11,15-16H,5-7,13H2/t10-,11+. The van der Waals surface area contributed by atoms with Crippen molar-refractivity contribution in [3.8, 4) is 5.75 Å². The second-order valence-electron chi connectivity index (χ2n) is 4.29. The van der Waals surface area contributed by atoms with E-state index < -0.39 is 12.2 Å². The molecule has 1 aliphatic rings. The number of likely N-dealkylation sites (tertiary alicyclic amines) is 1. The number of hydrogen-bond acceptors (Lipinski definition) is 5. The molecule has 0 radical (unpaired) electrons. The first kappa shape index (κ1) is 12.7. The summed E-state index contributed by atoms with van der Waals surface area (Å²) in [7, 11) is 0. The van der Waals surface area contributed by atoms with Gasteiger partial charge in [-0.15, -0.1) is 0 Å². The van der Waals surface area contributed by atoms with Gasteiger partial charge in [0.05, 0.1) is 12.2 Å². The molecule has 1 saturated heterocycles. The molecule has 0 spiro atoms. The number of amides is 1. The molecular formula is C12H16N2O4. The molecule has 1 aromatic rings. The Bertz CT molecular complexity index is 411. The summed E-state index contributed by atoms with van der Waals surface area (Å²) in [4.78, 5) is 13.1. The highest BCUT2D eigenvalue weighted by atomic mass is 16.5. The molecule has 6 nitrogen and oxygen atoms in total. The highest BCUT2D eigenvalue weighted by Crippen LogP contribution is 2.14. The average molecular weight is 252 g/mol. The number of nitrogens with two attached hydrogens (primary N) is 1. The van der Waals surface area contributed by atoms with Gasteiger partial charge in [-0.1, -0.05) is 0 Å². The molecule has 2 atom stereocenters. The number of carbonyl (C=O) groups excluding carboxylic acids is 1. The molecule has 4 N–H and O–H groups in total. The molecule has 2 rings (SSSR count). The van der Waals surface area contributed by atoms with Crippen LogP contribution in [-0.4, -0.2) is 52.9 Å². The number of anilines is 1. The van der Waals surface area contributed by atoms with Gasteiger partial charge >= 0.3 is 0 Å². The van der Waals surface area contributed by atoms with Crippen LogP contribution in [0.1, 0.15) is 0 Å². The lowest BCUT2D eigenvalue weighted by Gasteiger charge is -2.15. The monoisotopic (exact) mass is 252 g/mol. The number of carbonyl (C=O) groups is 1. The highest BCUT2D eigenvalue weighted by molar-refractivity contribution is 5.78. The number of rotatable bonds is 3. The average Bonchev–Trinajstić information content (AvgIpc) is 2.69. The fraction of sp³-hybridized carbons (Fsp3) is 0.417. The zero-order chi connectivity index (χ0) is 13.1. The van der Waals surface area contributed by atoms with E-state index >= 15 is 0 Å². The minimum absolute atomic E-state index is 0.122. The number of nitrogens with zero attached hydrogens (tertiary/aromatic N) is 1. The zero-order valence-corrected chi connectivity index (χ0v) is 9.82. The van der Waals surface area contributed by atoms with Gasteiger partial charge in [-0.25, -0.2) is 0 Å². The molecule has 0 aliphatic carbocycles. The Kier molecular flexibility index (Phi) is 3.69. The third-order valence-electron chi connectivity index (χ3n) is 2.85. The summed E-state index contributed by atoms with van der Waals surface area (Å²) in [6.45, 7) is 0.166. The molecule has 0 unspecified atom stereocenters. The first-order chi connectivity index (χ1) is 8.56. The number of nitrogen functional groups attached to an aromatic ring is 1. The molecule has 0 aromatic heterocycles. The van der Waals surface area contributed by atoms with Gasteiger partial charge in [-0.2, -0.15) is 0 Å². The van der Waals surface area contributed by atoms with E-state index in [4.69, 9.17) is 10.5 Å². The summed E-state index contributed by atoms with van der Waals surface area (Å²) in [5.74, 6) is 0.292. The lowest BCUT2D eigenvalue weighted by Crippen LogP contribution is -2.33. The molecule has 0 bridgehead atoms. The Labute approximate surface area is 105 Å². The normalized spacial score (nSPS) is 23.1. The van der Waals surface area contributed by atoms with Crippen molar-refractivity contribution in [3.05, 3.63) is 24.3 Å². The van der Waals surface area contributed by atoms with Gasteiger partial charge in [-0.3, -0.25) is 4.79 Å². The SMILES string of the molecule is Nc1ccc(OCC(=O)N2C[C@@H](O)[C@@H](O)C2)cc1. The largest absolute Gasteiger partial charge is 0.484 e. The Morgan fingerprint density at radius 3 is 2.39 bits per heavy atom. The summed E-state index contributed by atoms with van der Waals surface area (Å²) in [6.07, 6.45) is -1.74. The van der Waals surface area contributed by atoms with Gasteiger partial charge in [-0.05, 0) is 24.3 Å². The van der Waals surface area contributed by atoms with E-state index in [0.29, 0.717) is 11.4 Å². The van der Waals surface area contributed by atoms with Gasteiger partial charge in [0.25, 0.3) is 5.91 Å². The molecule has 98 valence electrons. The third kappa shape index (κ3) is 2.91. The lowest BCUT2D eigenvalue weighted by atomic mass is 10.3. The quantitative estimate of drug-likeness (QED) is 0.613. The van der Waals surface area contributed by atoms with Crippen LogP contribution in [0.2, 0.25) is 0 Å². The number of aliphatic hydroxyl groups is 2. The number of aliphatic hydroxyl groups excluding tert-OH is 2. The topological polar surface area (TPSA) is 96.0 Å². The van der Waals surface area contributed by atoms with Crippen molar-refractivity contribution in [3.63, 3.8) is 0 Å². The maximum absolute atomic E-state index is 11.7. The lowest BCUT2D eigenvalue weighted by molar-refractivity contribution is -0.132. The third-order valence-corrected chi connectivity index (χ3v) is 2.85. The molecular weight excluding hydrogens is 236 g/mol. The molecule has 1 heterocycles. The first-order valence-corrected chi connectivity index (χ1v) is 5.68. The number of β-amino-alcohol motifs (C(OH)–C–C–N with tert-alkyl or cyclic N) is 2. The van der Waals surface area contributed by atoms with Gasteiger partial charge in [0.2, 0.25) is 0 Å². The Balaban J connectivity index is 1.83. The fourth-order valence-corrected chi connectivity index (χ4v) is 1.77. The van der Waals surface area contributed by atoms with Crippen LogP contribution < -0.4 is 10.5 Å². The Morgan fingerprint density at radius 2 is 1.83 bits per heavy atom. The molecule has 0 saturated carbocycles. The summed E-state index contributed by atoms with van der Waals surface area (Å²) in [6, 6.07) is 6.72. The highest BCUT2D eigenvalue weighted by Gasteiger charge is 2.32. The van der Waals surface area contributed by atoms with Crippen molar-refractivity contribution in [2.24, 2.45) is 0 Å².